The molecule has 0 bridgehead atoms. The zero-order chi connectivity index (χ0) is 19.9. The van der Waals surface area contributed by atoms with Gasteiger partial charge in [0.15, 0.2) is 6.61 Å². The predicted octanol–water partition coefficient (Wildman–Crippen LogP) is 3.60. The highest BCUT2D eigenvalue weighted by atomic mass is 16.6. The van der Waals surface area contributed by atoms with Crippen LogP contribution in [0.3, 0.4) is 0 Å². The van der Waals surface area contributed by atoms with Crippen LogP contribution in [0, 0.1) is 11.3 Å². The van der Waals surface area contributed by atoms with E-state index in [9.17, 15) is 9.59 Å². The van der Waals surface area contributed by atoms with Gasteiger partial charge in [-0.2, -0.15) is 5.26 Å². The number of nitriles is 1. The lowest BCUT2D eigenvalue weighted by atomic mass is 10.1. The van der Waals surface area contributed by atoms with E-state index in [0.29, 0.717) is 27.8 Å². The molecule has 0 saturated carbocycles. The number of ether oxygens (including phenoxy) is 3. The molecule has 3 aromatic rings. The van der Waals surface area contributed by atoms with Gasteiger partial charge in [-0.25, -0.2) is 9.59 Å². The molecule has 3 rings (SSSR count). The van der Waals surface area contributed by atoms with Crippen molar-refractivity contribution in [2.24, 2.45) is 0 Å². The van der Waals surface area contributed by atoms with Gasteiger partial charge < -0.3 is 18.6 Å². The first-order valence-electron chi connectivity index (χ1n) is 8.58. The minimum atomic E-state index is -0.612. The van der Waals surface area contributed by atoms with Crippen LogP contribution in [-0.4, -0.2) is 25.2 Å². The number of rotatable bonds is 7. The van der Waals surface area contributed by atoms with Crippen LogP contribution in [0.25, 0.3) is 11.0 Å². The Morgan fingerprint density at radius 2 is 1.82 bits per heavy atom. The van der Waals surface area contributed by atoms with Crippen molar-refractivity contribution in [3.05, 3.63) is 65.4 Å². The van der Waals surface area contributed by atoms with Crippen molar-refractivity contribution in [3.8, 4) is 11.8 Å². The van der Waals surface area contributed by atoms with E-state index in [1.54, 1.807) is 55.5 Å². The van der Waals surface area contributed by atoms with Gasteiger partial charge in [0.2, 0.25) is 5.76 Å². The molecule has 0 amide bonds. The maximum absolute atomic E-state index is 12.1. The van der Waals surface area contributed by atoms with E-state index in [2.05, 4.69) is 0 Å². The fourth-order valence-corrected chi connectivity index (χ4v) is 2.57. The zero-order valence-corrected chi connectivity index (χ0v) is 15.1. The number of esters is 2. The van der Waals surface area contributed by atoms with Crippen molar-refractivity contribution in [1.29, 1.82) is 5.26 Å². The van der Waals surface area contributed by atoms with Crippen molar-refractivity contribution in [2.45, 2.75) is 13.5 Å². The molecule has 0 atom stereocenters. The van der Waals surface area contributed by atoms with E-state index in [1.165, 1.54) is 0 Å². The largest absolute Gasteiger partial charge is 0.482 e. The molecule has 0 spiro atoms. The van der Waals surface area contributed by atoms with Gasteiger partial charge in [-0.3, -0.25) is 0 Å². The van der Waals surface area contributed by atoms with Crippen LogP contribution in [0.1, 0.15) is 28.6 Å². The summed E-state index contributed by atoms with van der Waals surface area (Å²) in [6.45, 7) is 1.44. The third-order valence-electron chi connectivity index (χ3n) is 3.88. The maximum Gasteiger partial charge on any atom is 0.374 e. The van der Waals surface area contributed by atoms with Crippen molar-refractivity contribution in [1.82, 2.24) is 0 Å². The maximum atomic E-state index is 12.1. The molecule has 2 aromatic carbocycles. The highest BCUT2D eigenvalue weighted by molar-refractivity contribution is 5.96. The minimum Gasteiger partial charge on any atom is -0.482 e. The smallest absolute Gasteiger partial charge is 0.374 e. The molecular weight excluding hydrogens is 362 g/mol. The first-order chi connectivity index (χ1) is 13.6. The van der Waals surface area contributed by atoms with Gasteiger partial charge in [0, 0.05) is 5.39 Å². The topological polar surface area (TPSA) is 98.8 Å². The number of furan rings is 1. The standard InChI is InChI=1S/C21H17NO6/c1-2-25-21(24)20-17(16-5-3-4-6-18(16)28-20)12-27-19(23)13-26-15-9-7-14(11-22)8-10-15/h3-10H,2,12-13H2,1H3. The number of carbonyl (C=O) groups is 2. The van der Waals surface area contributed by atoms with Gasteiger partial charge in [0.05, 0.1) is 23.8 Å². The summed E-state index contributed by atoms with van der Waals surface area (Å²) in [5.74, 6) is -0.760. The summed E-state index contributed by atoms with van der Waals surface area (Å²) in [6, 6.07) is 15.4. The Balaban J connectivity index is 1.66. The Kier molecular flexibility index (Phi) is 5.92. The Labute approximate surface area is 161 Å². The summed E-state index contributed by atoms with van der Waals surface area (Å²) in [5.41, 5.74) is 1.44. The van der Waals surface area contributed by atoms with Crippen LogP contribution >= 0.6 is 0 Å². The molecular formula is C21H17NO6. The molecule has 142 valence electrons. The molecule has 0 aliphatic carbocycles. The molecule has 0 radical (unpaired) electrons. The summed E-state index contributed by atoms with van der Waals surface area (Å²) in [4.78, 5) is 24.2. The van der Waals surface area contributed by atoms with E-state index in [4.69, 9.17) is 23.9 Å². The fraction of sp³-hybridized carbons (Fsp3) is 0.190. The van der Waals surface area contributed by atoms with Crippen LogP contribution in [0.2, 0.25) is 0 Å². The molecule has 28 heavy (non-hydrogen) atoms. The second kappa shape index (κ2) is 8.73. The molecule has 1 heterocycles. The minimum absolute atomic E-state index is 0.0175. The van der Waals surface area contributed by atoms with Crippen LogP contribution < -0.4 is 4.74 Å². The van der Waals surface area contributed by atoms with Gasteiger partial charge in [0.1, 0.15) is 17.9 Å². The SMILES string of the molecule is CCOC(=O)c1oc2ccccc2c1COC(=O)COc1ccc(C#N)cc1. The average molecular weight is 379 g/mol. The number of benzene rings is 2. The first kappa shape index (κ1) is 19.0. The van der Waals surface area contributed by atoms with Crippen LogP contribution in [0.4, 0.5) is 0 Å². The summed E-state index contributed by atoms with van der Waals surface area (Å²) >= 11 is 0. The number of para-hydroxylation sites is 1. The molecule has 0 aliphatic heterocycles. The lowest BCUT2D eigenvalue weighted by Gasteiger charge is -2.07. The predicted molar refractivity (Wildman–Crippen MR) is 98.6 cm³/mol. The Morgan fingerprint density at radius 3 is 2.54 bits per heavy atom. The highest BCUT2D eigenvalue weighted by Gasteiger charge is 2.22. The molecule has 1 aromatic heterocycles. The number of fused-ring (bicyclic) bond motifs is 1. The number of hydrogen-bond acceptors (Lipinski definition) is 7. The molecule has 7 heteroatoms. The Morgan fingerprint density at radius 1 is 1.07 bits per heavy atom. The van der Waals surface area contributed by atoms with Crippen molar-refractivity contribution in [2.75, 3.05) is 13.2 Å². The molecule has 0 unspecified atom stereocenters. The Hall–Kier alpha value is -3.79. The summed E-state index contributed by atoms with van der Waals surface area (Å²) in [6.07, 6.45) is 0. The van der Waals surface area contributed by atoms with Gasteiger partial charge in [-0.1, -0.05) is 18.2 Å². The summed E-state index contributed by atoms with van der Waals surface area (Å²) in [7, 11) is 0. The van der Waals surface area contributed by atoms with Crippen LogP contribution in [0.15, 0.2) is 52.9 Å². The van der Waals surface area contributed by atoms with Crippen molar-refractivity contribution >= 4 is 22.9 Å². The number of hydrogen-bond donors (Lipinski definition) is 0. The van der Waals surface area contributed by atoms with E-state index >= 15 is 0 Å². The lowest BCUT2D eigenvalue weighted by molar-refractivity contribution is -0.147. The van der Waals surface area contributed by atoms with Crippen LogP contribution in [0.5, 0.6) is 5.75 Å². The van der Waals surface area contributed by atoms with Gasteiger partial charge >= 0.3 is 11.9 Å². The molecule has 0 saturated heterocycles. The van der Waals surface area contributed by atoms with E-state index in [0.717, 1.165) is 0 Å². The van der Waals surface area contributed by atoms with Crippen molar-refractivity contribution < 1.29 is 28.2 Å². The molecule has 0 aliphatic rings. The normalized spacial score (nSPS) is 10.3. The van der Waals surface area contributed by atoms with Crippen LogP contribution in [-0.2, 0) is 20.9 Å². The second-order valence-corrected chi connectivity index (χ2v) is 5.71. The second-order valence-electron chi connectivity index (χ2n) is 5.71. The third kappa shape index (κ3) is 4.30. The van der Waals surface area contributed by atoms with E-state index in [1.807, 2.05) is 6.07 Å². The lowest BCUT2D eigenvalue weighted by Crippen LogP contribution is -2.15. The summed E-state index contributed by atoms with van der Waals surface area (Å²) < 4.78 is 21.2. The fourth-order valence-electron chi connectivity index (χ4n) is 2.57. The molecule has 7 nitrogen and oxygen atoms in total. The monoisotopic (exact) mass is 379 g/mol. The zero-order valence-electron chi connectivity index (χ0n) is 15.1. The van der Waals surface area contributed by atoms with Crippen molar-refractivity contribution in [3.63, 3.8) is 0 Å². The van der Waals surface area contributed by atoms with Gasteiger partial charge in [-0.15, -0.1) is 0 Å². The molecule has 0 N–H and O–H groups in total. The molecule has 0 fully saturated rings. The summed E-state index contributed by atoms with van der Waals surface area (Å²) in [5, 5.41) is 9.44. The highest BCUT2D eigenvalue weighted by Crippen LogP contribution is 2.27. The Bertz CT molecular complexity index is 1030. The van der Waals surface area contributed by atoms with Gasteiger partial charge in [-0.05, 0) is 37.3 Å². The number of carbonyl (C=O) groups excluding carboxylic acids is 2. The van der Waals surface area contributed by atoms with E-state index in [-0.39, 0.29) is 25.6 Å². The number of nitrogens with zero attached hydrogens (tertiary/aromatic N) is 1. The average Bonchev–Trinajstić information content (AvgIpc) is 3.10. The van der Waals surface area contributed by atoms with E-state index < -0.39 is 11.9 Å². The quantitative estimate of drug-likeness (QED) is 0.578. The third-order valence-corrected chi connectivity index (χ3v) is 3.88. The first-order valence-corrected chi connectivity index (χ1v) is 8.58. The van der Waals surface area contributed by atoms with Gasteiger partial charge in [0.25, 0.3) is 0 Å².